The van der Waals surface area contributed by atoms with Gasteiger partial charge in [0.15, 0.2) is 0 Å². The summed E-state index contributed by atoms with van der Waals surface area (Å²) in [5.41, 5.74) is 2.98. The van der Waals surface area contributed by atoms with Gasteiger partial charge >= 0.3 is 5.97 Å². The number of rotatable bonds is 6. The number of carboxylic acid groups (broad SMARTS) is 1. The minimum atomic E-state index is -1.00. The van der Waals surface area contributed by atoms with Crippen molar-refractivity contribution in [2.75, 3.05) is 6.54 Å². The zero-order valence-electron chi connectivity index (χ0n) is 15.9. The highest BCUT2D eigenvalue weighted by atomic mass is 32.2. The molecule has 3 aromatic rings. The van der Waals surface area contributed by atoms with E-state index in [0.29, 0.717) is 17.1 Å². The van der Waals surface area contributed by atoms with Gasteiger partial charge in [-0.25, -0.2) is 9.79 Å². The van der Waals surface area contributed by atoms with Crippen molar-refractivity contribution < 1.29 is 14.7 Å². The van der Waals surface area contributed by atoms with E-state index in [4.69, 9.17) is 5.11 Å². The van der Waals surface area contributed by atoms with Crippen molar-refractivity contribution in [3.63, 3.8) is 0 Å². The van der Waals surface area contributed by atoms with Crippen LogP contribution in [-0.4, -0.2) is 29.4 Å². The van der Waals surface area contributed by atoms with Crippen molar-refractivity contribution in [3.8, 4) is 0 Å². The molecule has 6 nitrogen and oxygen atoms in total. The molecule has 0 aliphatic carbocycles. The van der Waals surface area contributed by atoms with Crippen LogP contribution < -0.4 is 10.0 Å². The number of benzene rings is 3. The maximum Gasteiger partial charge on any atom is 0.335 e. The van der Waals surface area contributed by atoms with Crippen LogP contribution in [-0.2, 0) is 4.79 Å². The molecule has 0 saturated heterocycles. The van der Waals surface area contributed by atoms with E-state index in [9.17, 15) is 9.59 Å². The Morgan fingerprint density at radius 2 is 1.60 bits per heavy atom. The second kappa shape index (κ2) is 8.84. The average Bonchev–Trinajstić information content (AvgIpc) is 2.79. The van der Waals surface area contributed by atoms with Crippen molar-refractivity contribution in [2.24, 2.45) is 4.99 Å². The lowest BCUT2D eigenvalue weighted by atomic mass is 9.91. The van der Waals surface area contributed by atoms with Gasteiger partial charge in [-0.15, -0.1) is 0 Å². The van der Waals surface area contributed by atoms with Crippen LogP contribution in [0.3, 0.4) is 0 Å². The number of carbonyl (C=O) groups excluding carboxylic acids is 1. The maximum absolute atomic E-state index is 12.7. The van der Waals surface area contributed by atoms with Crippen LogP contribution in [0.15, 0.2) is 88.8 Å². The second-order valence-corrected chi connectivity index (χ2v) is 7.58. The molecular weight excluding hydrogens is 398 g/mol. The van der Waals surface area contributed by atoms with Crippen molar-refractivity contribution in [1.82, 2.24) is 10.0 Å². The Hall–Kier alpha value is -3.58. The number of aliphatic imine (C=N–C) groups is 1. The molecule has 4 rings (SSSR count). The third kappa shape index (κ3) is 4.36. The molecule has 150 valence electrons. The molecule has 0 aromatic heterocycles. The molecule has 3 aromatic carbocycles. The van der Waals surface area contributed by atoms with Gasteiger partial charge in [-0.05, 0) is 41.3 Å². The third-order valence-electron chi connectivity index (χ3n) is 4.78. The summed E-state index contributed by atoms with van der Waals surface area (Å²) < 4.78 is 2.91. The SMILES string of the molecule is O=C(NCC(c1ccccc1)c1ccccc1)C1=Nc2ccc(C(=O)O)cc2SN1. The van der Waals surface area contributed by atoms with Gasteiger partial charge in [-0.3, -0.25) is 4.79 Å². The first-order chi connectivity index (χ1) is 14.6. The van der Waals surface area contributed by atoms with E-state index < -0.39 is 5.97 Å². The molecule has 0 saturated carbocycles. The van der Waals surface area contributed by atoms with Crippen LogP contribution in [0, 0.1) is 0 Å². The van der Waals surface area contributed by atoms with Gasteiger partial charge in [-0.1, -0.05) is 60.7 Å². The summed E-state index contributed by atoms with van der Waals surface area (Å²) in [5.74, 6) is -1.11. The monoisotopic (exact) mass is 417 g/mol. The first-order valence-electron chi connectivity index (χ1n) is 9.39. The number of carboxylic acids is 1. The number of fused-ring (bicyclic) bond motifs is 1. The van der Waals surface area contributed by atoms with Crippen molar-refractivity contribution in [1.29, 1.82) is 0 Å². The van der Waals surface area contributed by atoms with E-state index in [0.717, 1.165) is 11.1 Å². The molecule has 1 amide bonds. The van der Waals surface area contributed by atoms with Gasteiger partial charge in [-0.2, -0.15) is 0 Å². The number of carbonyl (C=O) groups is 2. The van der Waals surface area contributed by atoms with Gasteiger partial charge in [0, 0.05) is 12.5 Å². The van der Waals surface area contributed by atoms with E-state index >= 15 is 0 Å². The lowest BCUT2D eigenvalue weighted by Gasteiger charge is -2.20. The first kappa shape index (κ1) is 19.7. The molecule has 0 unspecified atom stereocenters. The van der Waals surface area contributed by atoms with Crippen molar-refractivity contribution >= 4 is 35.3 Å². The molecule has 1 heterocycles. The van der Waals surface area contributed by atoms with Gasteiger partial charge < -0.3 is 15.1 Å². The summed E-state index contributed by atoms with van der Waals surface area (Å²) >= 11 is 1.18. The summed E-state index contributed by atoms with van der Waals surface area (Å²) in [6.07, 6.45) is 0. The van der Waals surface area contributed by atoms with Gasteiger partial charge in [0.1, 0.15) is 0 Å². The van der Waals surface area contributed by atoms with E-state index in [1.54, 1.807) is 6.07 Å². The Bertz CT molecular complexity index is 1060. The number of aromatic carboxylic acids is 1. The quantitative estimate of drug-likeness (QED) is 0.528. The predicted octanol–water partition coefficient (Wildman–Crippen LogP) is 3.97. The van der Waals surface area contributed by atoms with Gasteiger partial charge in [0.2, 0.25) is 5.84 Å². The zero-order valence-corrected chi connectivity index (χ0v) is 16.7. The normalized spacial score (nSPS) is 12.5. The molecule has 0 fully saturated rings. The zero-order chi connectivity index (χ0) is 20.9. The topological polar surface area (TPSA) is 90.8 Å². The molecule has 30 heavy (non-hydrogen) atoms. The van der Waals surface area contributed by atoms with Gasteiger partial charge in [0.25, 0.3) is 5.91 Å². The molecule has 7 heteroatoms. The number of nitrogens with one attached hydrogen (secondary N) is 2. The van der Waals surface area contributed by atoms with Crippen LogP contribution >= 0.6 is 11.9 Å². The Morgan fingerprint density at radius 3 is 2.20 bits per heavy atom. The van der Waals surface area contributed by atoms with Crippen LogP contribution in [0.4, 0.5) is 5.69 Å². The highest BCUT2D eigenvalue weighted by molar-refractivity contribution is 7.98. The number of hydrogen-bond acceptors (Lipinski definition) is 5. The van der Waals surface area contributed by atoms with Gasteiger partial charge in [0.05, 0.1) is 16.1 Å². The largest absolute Gasteiger partial charge is 0.478 e. The van der Waals surface area contributed by atoms with Crippen LogP contribution in [0.2, 0.25) is 0 Å². The van der Waals surface area contributed by atoms with E-state index in [1.807, 2.05) is 60.7 Å². The van der Waals surface area contributed by atoms with Crippen LogP contribution in [0.25, 0.3) is 0 Å². The number of nitrogens with zero attached hydrogens (tertiary/aromatic N) is 1. The van der Waals surface area contributed by atoms with E-state index in [2.05, 4.69) is 15.0 Å². The van der Waals surface area contributed by atoms with E-state index in [-0.39, 0.29) is 23.2 Å². The average molecular weight is 417 g/mol. The summed E-state index contributed by atoms with van der Waals surface area (Å²) in [7, 11) is 0. The molecule has 1 aliphatic heterocycles. The predicted molar refractivity (Wildman–Crippen MR) is 117 cm³/mol. The summed E-state index contributed by atoms with van der Waals surface area (Å²) in [6.45, 7) is 0.420. The number of amides is 1. The highest BCUT2D eigenvalue weighted by Crippen LogP contribution is 2.32. The Kier molecular flexibility index (Phi) is 5.81. The minimum absolute atomic E-state index is 0.0126. The number of hydrogen-bond donors (Lipinski definition) is 3. The molecule has 1 aliphatic rings. The van der Waals surface area contributed by atoms with Crippen molar-refractivity contribution in [2.45, 2.75) is 10.8 Å². The lowest BCUT2D eigenvalue weighted by molar-refractivity contribution is -0.115. The lowest BCUT2D eigenvalue weighted by Crippen LogP contribution is -2.40. The maximum atomic E-state index is 12.7. The fourth-order valence-corrected chi connectivity index (χ4v) is 3.99. The minimum Gasteiger partial charge on any atom is -0.478 e. The Morgan fingerprint density at radius 1 is 0.967 bits per heavy atom. The van der Waals surface area contributed by atoms with Crippen LogP contribution in [0.1, 0.15) is 27.4 Å². The molecule has 3 N–H and O–H groups in total. The second-order valence-electron chi connectivity index (χ2n) is 6.74. The first-order valence-corrected chi connectivity index (χ1v) is 10.2. The standard InChI is InChI=1S/C23H19N3O3S/c27-22(21-25-19-12-11-17(23(28)29)13-20(19)30-26-21)24-14-18(15-7-3-1-4-8-15)16-9-5-2-6-10-16/h1-13,18H,14H2,(H,24,27)(H,25,26)(H,28,29). The smallest absolute Gasteiger partial charge is 0.335 e. The highest BCUT2D eigenvalue weighted by Gasteiger charge is 2.21. The molecular formula is C23H19N3O3S. The summed E-state index contributed by atoms with van der Waals surface area (Å²) in [6, 6.07) is 24.7. The third-order valence-corrected chi connectivity index (χ3v) is 5.62. The number of amidine groups is 1. The summed E-state index contributed by atoms with van der Waals surface area (Å²) in [5, 5.41) is 12.1. The summed E-state index contributed by atoms with van der Waals surface area (Å²) in [4.78, 5) is 28.9. The van der Waals surface area contributed by atoms with E-state index in [1.165, 1.54) is 24.1 Å². The van der Waals surface area contributed by atoms with Crippen molar-refractivity contribution in [3.05, 3.63) is 95.6 Å². The molecule has 0 spiro atoms. The fraction of sp³-hybridized carbons (Fsp3) is 0.0870. The fourth-order valence-electron chi connectivity index (χ4n) is 3.24. The van der Waals surface area contributed by atoms with Crippen LogP contribution in [0.5, 0.6) is 0 Å². The molecule has 0 bridgehead atoms. The Balaban J connectivity index is 1.51. The molecule has 0 atom stereocenters. The molecule has 0 radical (unpaired) electrons. The Labute approximate surface area is 178 Å².